The van der Waals surface area contributed by atoms with E-state index in [2.05, 4.69) is 60.9 Å². The third-order valence-corrected chi connectivity index (χ3v) is 3.94. The highest BCUT2D eigenvalue weighted by Gasteiger charge is 2.09. The Bertz CT molecular complexity index is 570. The highest BCUT2D eigenvalue weighted by molar-refractivity contribution is 9.10. The minimum absolute atomic E-state index is 0.506. The van der Waals surface area contributed by atoms with Gasteiger partial charge in [-0.25, -0.2) is 9.97 Å². The summed E-state index contributed by atoms with van der Waals surface area (Å²) in [6, 6.07) is 8.12. The third kappa shape index (κ3) is 3.09. The second-order valence-corrected chi connectivity index (χ2v) is 5.65. The minimum atomic E-state index is 0.506. The number of hydrogen-bond donors (Lipinski definition) is 1. The smallest absolute Gasteiger partial charge is 0.141 e. The molecule has 0 bridgehead atoms. The molecule has 0 unspecified atom stereocenters. The second-order valence-electron chi connectivity index (χ2n) is 3.95. The Morgan fingerprint density at radius 3 is 2.67 bits per heavy atom. The topological polar surface area (TPSA) is 51.8 Å². The van der Waals surface area contributed by atoms with Gasteiger partial charge in [-0.15, -0.1) is 0 Å². The van der Waals surface area contributed by atoms with Crippen molar-refractivity contribution in [3.8, 4) is 0 Å². The predicted octanol–water partition coefficient (Wildman–Crippen LogP) is 3.74. The molecule has 1 aromatic carbocycles. The molecule has 0 amide bonds. The first-order valence-corrected chi connectivity index (χ1v) is 7.24. The fraction of sp³-hybridized carbons (Fsp3) is 0.231. The van der Waals surface area contributed by atoms with Gasteiger partial charge in [0.2, 0.25) is 0 Å². The Labute approximate surface area is 123 Å². The molecule has 0 aliphatic heterocycles. The van der Waals surface area contributed by atoms with E-state index in [1.54, 1.807) is 0 Å². The third-order valence-electron chi connectivity index (χ3n) is 2.58. The quantitative estimate of drug-likeness (QED) is 0.895. The van der Waals surface area contributed by atoms with Crippen molar-refractivity contribution >= 4 is 37.7 Å². The van der Waals surface area contributed by atoms with E-state index in [0.717, 1.165) is 32.4 Å². The summed E-state index contributed by atoms with van der Waals surface area (Å²) in [6.07, 6.45) is 1.52. The molecule has 3 nitrogen and oxygen atoms in total. The van der Waals surface area contributed by atoms with Gasteiger partial charge in [-0.3, -0.25) is 0 Å². The van der Waals surface area contributed by atoms with E-state index >= 15 is 0 Å². The minimum Gasteiger partial charge on any atom is -0.383 e. The van der Waals surface area contributed by atoms with E-state index in [-0.39, 0.29) is 0 Å². The summed E-state index contributed by atoms with van der Waals surface area (Å²) >= 11 is 6.87. The summed E-state index contributed by atoms with van der Waals surface area (Å²) in [5.74, 6) is 1.26. The SMILES string of the molecule is CCc1nc(Cc2cccc(Br)c2)nc(N)c1Br. The Kier molecular flexibility index (Phi) is 4.35. The molecule has 1 aromatic heterocycles. The molecule has 0 aliphatic carbocycles. The van der Waals surface area contributed by atoms with Gasteiger partial charge < -0.3 is 5.73 Å². The molecule has 2 aromatic rings. The van der Waals surface area contributed by atoms with Crippen molar-refractivity contribution in [2.24, 2.45) is 0 Å². The highest BCUT2D eigenvalue weighted by Crippen LogP contribution is 2.22. The van der Waals surface area contributed by atoms with Crippen molar-refractivity contribution in [3.63, 3.8) is 0 Å². The first-order chi connectivity index (χ1) is 8.60. The van der Waals surface area contributed by atoms with Crippen LogP contribution in [-0.4, -0.2) is 9.97 Å². The molecule has 94 valence electrons. The van der Waals surface area contributed by atoms with Crippen LogP contribution < -0.4 is 5.73 Å². The van der Waals surface area contributed by atoms with E-state index in [4.69, 9.17) is 5.73 Å². The predicted molar refractivity (Wildman–Crippen MR) is 80.5 cm³/mol. The summed E-state index contributed by atoms with van der Waals surface area (Å²) < 4.78 is 1.86. The lowest BCUT2D eigenvalue weighted by molar-refractivity contribution is 0.902. The van der Waals surface area contributed by atoms with E-state index in [1.165, 1.54) is 0 Å². The Hall–Kier alpha value is -0.940. The average Bonchev–Trinajstić information content (AvgIpc) is 2.33. The van der Waals surface area contributed by atoms with Crippen molar-refractivity contribution in [2.45, 2.75) is 19.8 Å². The summed E-state index contributed by atoms with van der Waals surface area (Å²) in [6.45, 7) is 2.05. The molecule has 0 aliphatic rings. The Balaban J connectivity index is 2.32. The molecule has 2 N–H and O–H groups in total. The zero-order valence-corrected chi connectivity index (χ0v) is 13.1. The van der Waals surface area contributed by atoms with Crippen LogP contribution >= 0.6 is 31.9 Å². The number of hydrogen-bond acceptors (Lipinski definition) is 3. The molecule has 0 spiro atoms. The van der Waals surface area contributed by atoms with Gasteiger partial charge in [-0.05, 0) is 40.0 Å². The number of aryl methyl sites for hydroxylation is 1. The standard InChI is InChI=1S/C13H13Br2N3/c1-2-10-12(15)13(16)18-11(17-10)7-8-4-3-5-9(14)6-8/h3-6H,2,7H2,1H3,(H2,16,17,18). The molecule has 2 rings (SSSR count). The molecule has 0 fully saturated rings. The molecule has 18 heavy (non-hydrogen) atoms. The number of rotatable bonds is 3. The van der Waals surface area contributed by atoms with E-state index < -0.39 is 0 Å². The van der Waals surface area contributed by atoms with Crippen LogP contribution in [0.4, 0.5) is 5.82 Å². The van der Waals surface area contributed by atoms with Gasteiger partial charge in [0.15, 0.2) is 0 Å². The Morgan fingerprint density at radius 1 is 1.22 bits per heavy atom. The number of nitrogens with zero attached hydrogens (tertiary/aromatic N) is 2. The van der Waals surface area contributed by atoms with Gasteiger partial charge in [0.05, 0.1) is 10.2 Å². The van der Waals surface area contributed by atoms with Crippen LogP contribution in [0.3, 0.4) is 0 Å². The number of nitrogen functional groups attached to an aromatic ring is 1. The molecule has 0 atom stereocenters. The molecular weight excluding hydrogens is 358 g/mol. The summed E-state index contributed by atoms with van der Waals surface area (Å²) in [4.78, 5) is 8.83. The van der Waals surface area contributed by atoms with Gasteiger partial charge >= 0.3 is 0 Å². The first-order valence-electron chi connectivity index (χ1n) is 5.65. The van der Waals surface area contributed by atoms with Crippen molar-refractivity contribution in [1.82, 2.24) is 9.97 Å². The van der Waals surface area contributed by atoms with Gasteiger partial charge in [0.25, 0.3) is 0 Å². The van der Waals surface area contributed by atoms with E-state index in [1.807, 2.05) is 12.1 Å². The lowest BCUT2D eigenvalue weighted by Crippen LogP contribution is -2.05. The lowest BCUT2D eigenvalue weighted by atomic mass is 10.1. The number of aromatic nitrogens is 2. The fourth-order valence-corrected chi connectivity index (χ4v) is 2.61. The summed E-state index contributed by atoms with van der Waals surface area (Å²) in [5, 5.41) is 0. The zero-order chi connectivity index (χ0) is 13.1. The molecule has 5 heteroatoms. The summed E-state index contributed by atoms with van der Waals surface area (Å²) in [5.41, 5.74) is 7.99. The molecule has 0 saturated carbocycles. The maximum Gasteiger partial charge on any atom is 0.141 e. The lowest BCUT2D eigenvalue weighted by Gasteiger charge is -2.07. The van der Waals surface area contributed by atoms with Gasteiger partial charge in [0.1, 0.15) is 11.6 Å². The largest absolute Gasteiger partial charge is 0.383 e. The number of anilines is 1. The average molecular weight is 371 g/mol. The van der Waals surface area contributed by atoms with Crippen molar-refractivity contribution in [3.05, 3.63) is 50.3 Å². The molecule has 0 radical (unpaired) electrons. The second kappa shape index (κ2) is 5.80. The molecule has 1 heterocycles. The molecular formula is C13H13Br2N3. The van der Waals surface area contributed by atoms with E-state index in [9.17, 15) is 0 Å². The maximum absolute atomic E-state index is 5.87. The van der Waals surface area contributed by atoms with Gasteiger partial charge in [-0.1, -0.05) is 35.0 Å². The van der Waals surface area contributed by atoms with Crippen LogP contribution in [0.25, 0.3) is 0 Å². The van der Waals surface area contributed by atoms with Crippen molar-refractivity contribution < 1.29 is 0 Å². The Morgan fingerprint density at radius 2 is 2.00 bits per heavy atom. The van der Waals surface area contributed by atoms with Gasteiger partial charge in [0, 0.05) is 10.9 Å². The molecule has 0 saturated heterocycles. The van der Waals surface area contributed by atoms with Crippen LogP contribution in [0, 0.1) is 0 Å². The van der Waals surface area contributed by atoms with E-state index in [0.29, 0.717) is 12.2 Å². The highest BCUT2D eigenvalue weighted by atomic mass is 79.9. The monoisotopic (exact) mass is 369 g/mol. The fourth-order valence-electron chi connectivity index (χ4n) is 1.71. The van der Waals surface area contributed by atoms with Crippen LogP contribution in [0.15, 0.2) is 33.2 Å². The first kappa shape index (κ1) is 13.5. The number of halogens is 2. The maximum atomic E-state index is 5.87. The van der Waals surface area contributed by atoms with Gasteiger partial charge in [-0.2, -0.15) is 0 Å². The number of nitrogens with two attached hydrogens (primary N) is 1. The van der Waals surface area contributed by atoms with Crippen LogP contribution in [0.5, 0.6) is 0 Å². The van der Waals surface area contributed by atoms with Crippen molar-refractivity contribution in [2.75, 3.05) is 5.73 Å². The van der Waals surface area contributed by atoms with Crippen LogP contribution in [0.2, 0.25) is 0 Å². The van der Waals surface area contributed by atoms with Crippen LogP contribution in [0.1, 0.15) is 24.0 Å². The number of benzene rings is 1. The van der Waals surface area contributed by atoms with Crippen molar-refractivity contribution in [1.29, 1.82) is 0 Å². The summed E-state index contributed by atoms with van der Waals surface area (Å²) in [7, 11) is 0. The normalized spacial score (nSPS) is 10.6. The zero-order valence-electron chi connectivity index (χ0n) is 9.95. The van der Waals surface area contributed by atoms with Crippen LogP contribution in [-0.2, 0) is 12.8 Å².